The predicted molar refractivity (Wildman–Crippen MR) is 89.2 cm³/mol. The van der Waals surface area contributed by atoms with Crippen LogP contribution in [0.1, 0.15) is 18.3 Å². The number of nitrogens with two attached hydrogens (primary N) is 1. The predicted octanol–water partition coefficient (Wildman–Crippen LogP) is 2.56. The Kier molecular flexibility index (Phi) is 3.47. The molecule has 0 radical (unpaired) electrons. The molecule has 0 saturated carbocycles. The van der Waals surface area contributed by atoms with Crippen molar-refractivity contribution < 1.29 is 0 Å². The van der Waals surface area contributed by atoms with Gasteiger partial charge in [0, 0.05) is 5.69 Å². The van der Waals surface area contributed by atoms with E-state index in [1.165, 1.54) is 4.68 Å². The molecule has 3 rings (SSSR count). The number of hydrogen-bond acceptors (Lipinski definition) is 4. The molecular formula is C17H16N4O. The second kappa shape index (κ2) is 5.44. The Morgan fingerprint density at radius 3 is 2.55 bits per heavy atom. The van der Waals surface area contributed by atoms with E-state index in [0.29, 0.717) is 22.4 Å². The Balaban J connectivity index is 2.16. The molecule has 0 bridgehead atoms. The summed E-state index contributed by atoms with van der Waals surface area (Å²) in [6.07, 6.45) is 0. The number of para-hydroxylation sites is 1. The number of rotatable bonds is 2. The van der Waals surface area contributed by atoms with Crippen LogP contribution in [0, 0.1) is 6.92 Å². The van der Waals surface area contributed by atoms with Crippen LogP contribution in [-0.2, 0) is 0 Å². The minimum Gasteiger partial charge on any atom is -0.399 e. The molecule has 1 heterocycles. The molecule has 1 aromatic heterocycles. The highest BCUT2D eigenvalue weighted by atomic mass is 16.1. The molecule has 3 aromatic rings. The zero-order valence-electron chi connectivity index (χ0n) is 12.4. The number of benzene rings is 2. The fraction of sp³-hybridized carbons (Fsp3) is 0.118. The van der Waals surface area contributed by atoms with E-state index in [2.05, 4.69) is 10.1 Å². The third-order valence-corrected chi connectivity index (χ3v) is 3.49. The second-order valence-corrected chi connectivity index (χ2v) is 5.10. The van der Waals surface area contributed by atoms with Crippen LogP contribution in [0.5, 0.6) is 0 Å². The van der Waals surface area contributed by atoms with Crippen LogP contribution in [0.2, 0.25) is 0 Å². The standard InChI is InChI=1S/C17H16N4O/c1-11(13-7-9-14(18)10-8-13)20-21-12(2)19-16-6-4-3-5-15(16)17(21)22/h3-10H,18H2,1-2H3/b20-11+. The van der Waals surface area contributed by atoms with Gasteiger partial charge in [-0.3, -0.25) is 4.79 Å². The zero-order valence-corrected chi connectivity index (χ0v) is 12.4. The number of hydrogen-bond donors (Lipinski definition) is 1. The first-order chi connectivity index (χ1) is 10.6. The molecule has 0 spiro atoms. The summed E-state index contributed by atoms with van der Waals surface area (Å²) in [7, 11) is 0. The van der Waals surface area contributed by atoms with Crippen molar-refractivity contribution >= 4 is 22.3 Å². The zero-order chi connectivity index (χ0) is 15.7. The van der Waals surface area contributed by atoms with E-state index in [1.54, 1.807) is 13.0 Å². The fourth-order valence-corrected chi connectivity index (χ4v) is 2.28. The third kappa shape index (κ3) is 2.48. The van der Waals surface area contributed by atoms with Crippen molar-refractivity contribution in [3.63, 3.8) is 0 Å². The molecule has 0 aliphatic rings. The molecule has 0 atom stereocenters. The molecule has 0 saturated heterocycles. The van der Waals surface area contributed by atoms with Gasteiger partial charge in [0.05, 0.1) is 16.6 Å². The molecule has 0 amide bonds. The van der Waals surface area contributed by atoms with Crippen molar-refractivity contribution in [2.24, 2.45) is 5.10 Å². The van der Waals surface area contributed by atoms with Crippen molar-refractivity contribution in [1.82, 2.24) is 9.66 Å². The van der Waals surface area contributed by atoms with Gasteiger partial charge in [0.2, 0.25) is 0 Å². The highest BCUT2D eigenvalue weighted by molar-refractivity contribution is 5.98. The maximum Gasteiger partial charge on any atom is 0.282 e. The highest BCUT2D eigenvalue weighted by Gasteiger charge is 2.07. The van der Waals surface area contributed by atoms with Gasteiger partial charge in [-0.05, 0) is 43.7 Å². The molecule has 0 fully saturated rings. The van der Waals surface area contributed by atoms with Crippen molar-refractivity contribution in [2.75, 3.05) is 5.73 Å². The van der Waals surface area contributed by atoms with Crippen LogP contribution < -0.4 is 11.3 Å². The summed E-state index contributed by atoms with van der Waals surface area (Å²) in [5.41, 5.74) is 8.53. The smallest absolute Gasteiger partial charge is 0.282 e. The Morgan fingerprint density at radius 1 is 1.14 bits per heavy atom. The van der Waals surface area contributed by atoms with E-state index in [1.807, 2.05) is 49.4 Å². The van der Waals surface area contributed by atoms with Crippen LogP contribution >= 0.6 is 0 Å². The Labute approximate surface area is 127 Å². The molecule has 110 valence electrons. The summed E-state index contributed by atoms with van der Waals surface area (Å²) in [5.74, 6) is 0.554. The fourth-order valence-electron chi connectivity index (χ4n) is 2.28. The molecule has 5 nitrogen and oxygen atoms in total. The van der Waals surface area contributed by atoms with Gasteiger partial charge >= 0.3 is 0 Å². The molecule has 0 aliphatic carbocycles. The number of nitrogens with zero attached hydrogens (tertiary/aromatic N) is 3. The van der Waals surface area contributed by atoms with E-state index >= 15 is 0 Å². The summed E-state index contributed by atoms with van der Waals surface area (Å²) in [5, 5.41) is 4.98. The first-order valence-electron chi connectivity index (χ1n) is 6.96. The topological polar surface area (TPSA) is 73.3 Å². The van der Waals surface area contributed by atoms with Crippen LogP contribution in [0.4, 0.5) is 5.69 Å². The number of aromatic nitrogens is 2. The highest BCUT2D eigenvalue weighted by Crippen LogP contribution is 2.09. The molecule has 5 heteroatoms. The van der Waals surface area contributed by atoms with Gasteiger partial charge in [0.1, 0.15) is 5.82 Å². The second-order valence-electron chi connectivity index (χ2n) is 5.10. The quantitative estimate of drug-likeness (QED) is 0.582. The van der Waals surface area contributed by atoms with Gasteiger partial charge in [-0.15, -0.1) is 0 Å². The monoisotopic (exact) mass is 292 g/mol. The van der Waals surface area contributed by atoms with Gasteiger partial charge in [0.15, 0.2) is 0 Å². The Bertz CT molecular complexity index is 924. The van der Waals surface area contributed by atoms with Gasteiger partial charge in [-0.1, -0.05) is 24.3 Å². The molecule has 0 aliphatic heterocycles. The summed E-state index contributed by atoms with van der Waals surface area (Å²) < 4.78 is 1.34. The Morgan fingerprint density at radius 2 is 1.82 bits per heavy atom. The summed E-state index contributed by atoms with van der Waals surface area (Å²) in [4.78, 5) is 17.0. The SMILES string of the molecule is C/C(=N\n1c(C)nc2ccccc2c1=O)c1ccc(N)cc1. The number of nitrogen functional groups attached to an aromatic ring is 1. The molecule has 2 N–H and O–H groups in total. The minimum atomic E-state index is -0.169. The lowest BCUT2D eigenvalue weighted by Gasteiger charge is -2.07. The van der Waals surface area contributed by atoms with E-state index in [9.17, 15) is 4.79 Å². The van der Waals surface area contributed by atoms with E-state index in [4.69, 9.17) is 5.73 Å². The first kappa shape index (κ1) is 14.0. The maximum atomic E-state index is 12.6. The number of aryl methyl sites for hydroxylation is 1. The molecular weight excluding hydrogens is 276 g/mol. The van der Waals surface area contributed by atoms with Gasteiger partial charge in [0.25, 0.3) is 5.56 Å². The minimum absolute atomic E-state index is 0.169. The van der Waals surface area contributed by atoms with Crippen molar-refractivity contribution in [3.05, 3.63) is 70.3 Å². The lowest BCUT2D eigenvalue weighted by Crippen LogP contribution is -2.21. The lowest BCUT2D eigenvalue weighted by molar-refractivity contribution is 0.766. The van der Waals surface area contributed by atoms with E-state index in [-0.39, 0.29) is 5.56 Å². The van der Waals surface area contributed by atoms with Crippen LogP contribution in [0.25, 0.3) is 10.9 Å². The molecule has 0 unspecified atom stereocenters. The normalized spacial score (nSPS) is 11.8. The Hall–Kier alpha value is -2.95. The molecule has 22 heavy (non-hydrogen) atoms. The molecule has 2 aromatic carbocycles. The summed E-state index contributed by atoms with van der Waals surface area (Å²) in [6, 6.07) is 14.6. The van der Waals surface area contributed by atoms with Crippen LogP contribution in [0.3, 0.4) is 0 Å². The average Bonchev–Trinajstić information content (AvgIpc) is 2.52. The van der Waals surface area contributed by atoms with Crippen molar-refractivity contribution in [3.8, 4) is 0 Å². The average molecular weight is 292 g/mol. The van der Waals surface area contributed by atoms with Crippen LogP contribution in [0.15, 0.2) is 58.4 Å². The summed E-state index contributed by atoms with van der Waals surface area (Å²) >= 11 is 0. The van der Waals surface area contributed by atoms with Gasteiger partial charge in [-0.25, -0.2) is 4.98 Å². The third-order valence-electron chi connectivity index (χ3n) is 3.49. The van der Waals surface area contributed by atoms with Gasteiger partial charge < -0.3 is 5.73 Å². The van der Waals surface area contributed by atoms with Gasteiger partial charge in [-0.2, -0.15) is 9.78 Å². The maximum absolute atomic E-state index is 12.6. The largest absolute Gasteiger partial charge is 0.399 e. The number of anilines is 1. The van der Waals surface area contributed by atoms with E-state index < -0.39 is 0 Å². The summed E-state index contributed by atoms with van der Waals surface area (Å²) in [6.45, 7) is 3.63. The van der Waals surface area contributed by atoms with Crippen LogP contribution in [-0.4, -0.2) is 15.4 Å². The number of fused-ring (bicyclic) bond motifs is 1. The van der Waals surface area contributed by atoms with E-state index in [0.717, 1.165) is 11.3 Å². The first-order valence-corrected chi connectivity index (χ1v) is 6.96. The van der Waals surface area contributed by atoms with Crippen molar-refractivity contribution in [2.45, 2.75) is 13.8 Å². The van der Waals surface area contributed by atoms with Crippen molar-refractivity contribution in [1.29, 1.82) is 0 Å². The lowest BCUT2D eigenvalue weighted by atomic mass is 10.1.